The smallest absolute Gasteiger partial charge is 0.0606 e. The van der Waals surface area contributed by atoms with E-state index in [-0.39, 0.29) is 0 Å². The highest BCUT2D eigenvalue weighted by molar-refractivity contribution is 6.05. The molecule has 0 aliphatic rings. The summed E-state index contributed by atoms with van der Waals surface area (Å²) in [5.41, 5.74) is 4.35. The summed E-state index contributed by atoms with van der Waals surface area (Å²) >= 11 is 0. The van der Waals surface area contributed by atoms with E-state index in [1.54, 1.807) is 0 Å². The second-order valence-electron chi connectivity index (χ2n) is 5.80. The summed E-state index contributed by atoms with van der Waals surface area (Å²) in [6, 6.07) is 19.4. The molecule has 2 rings (SSSR count). The first-order chi connectivity index (χ1) is 10.0. The van der Waals surface area contributed by atoms with E-state index >= 15 is 0 Å². The van der Waals surface area contributed by atoms with Gasteiger partial charge in [0.1, 0.15) is 0 Å². The van der Waals surface area contributed by atoms with Crippen molar-refractivity contribution < 1.29 is 0 Å². The van der Waals surface area contributed by atoms with Gasteiger partial charge >= 0.3 is 0 Å². The van der Waals surface area contributed by atoms with Crippen LogP contribution in [0.3, 0.4) is 0 Å². The number of benzene rings is 2. The van der Waals surface area contributed by atoms with Crippen LogP contribution in [0.1, 0.15) is 40.2 Å². The summed E-state index contributed by atoms with van der Waals surface area (Å²) in [6.45, 7) is 12.3. The van der Waals surface area contributed by atoms with Crippen LogP contribution in [0.25, 0.3) is 11.1 Å². The first kappa shape index (κ1) is 19.5. The topological polar surface area (TPSA) is 0 Å². The largest absolute Gasteiger partial charge is 0.0999 e. The Hall–Kier alpha value is -1.50. The molecule has 2 aromatic rings. The van der Waals surface area contributed by atoms with Gasteiger partial charge in [-0.1, -0.05) is 96.0 Å². The minimum atomic E-state index is 0.355. The lowest BCUT2D eigenvalue weighted by Crippen LogP contribution is -2.08. The molecule has 0 amide bonds. The fourth-order valence-electron chi connectivity index (χ4n) is 2.06. The van der Waals surface area contributed by atoms with Crippen LogP contribution in [0, 0.1) is 5.41 Å². The van der Waals surface area contributed by atoms with E-state index in [2.05, 4.69) is 83.2 Å². The molecular weight excluding hydrogens is 251 g/mol. The molecule has 112 valence electrons. The van der Waals surface area contributed by atoms with Crippen LogP contribution < -0.4 is 0 Å². The van der Waals surface area contributed by atoms with Gasteiger partial charge in [-0.05, 0) is 28.5 Å². The third-order valence-corrected chi connectivity index (χ3v) is 2.80. The summed E-state index contributed by atoms with van der Waals surface area (Å²) in [6.07, 6.45) is 1.13. The summed E-state index contributed by atoms with van der Waals surface area (Å²) in [5, 5.41) is 0. The number of rotatable bonds is 2. The normalized spacial score (nSPS) is 9.81. The molecule has 0 unspecified atom stereocenters. The molecule has 1 heteroatoms. The van der Waals surface area contributed by atoms with Crippen molar-refractivity contribution in [3.8, 4) is 11.1 Å². The molecule has 2 aromatic carbocycles. The zero-order valence-corrected chi connectivity index (χ0v) is 14.5. The van der Waals surface area contributed by atoms with Crippen LogP contribution in [-0.2, 0) is 6.42 Å². The van der Waals surface area contributed by atoms with Gasteiger partial charge in [0.25, 0.3) is 0 Å². The van der Waals surface area contributed by atoms with Gasteiger partial charge in [-0.2, -0.15) is 0 Å². The number of hydrogen-bond donors (Lipinski definition) is 0. The molecule has 0 N–H and O–H groups in total. The van der Waals surface area contributed by atoms with E-state index in [9.17, 15) is 0 Å². The summed E-state index contributed by atoms with van der Waals surface area (Å²) in [5.74, 6) is 0. The van der Waals surface area contributed by atoms with Crippen molar-refractivity contribution in [2.75, 3.05) is 0 Å². The lowest BCUT2D eigenvalue weighted by molar-refractivity contribution is 0.411. The molecule has 21 heavy (non-hydrogen) atoms. The van der Waals surface area contributed by atoms with Gasteiger partial charge in [-0.15, -0.1) is 0 Å². The maximum Gasteiger partial charge on any atom is 0.0606 e. The minimum absolute atomic E-state index is 0.355. The van der Waals surface area contributed by atoms with Crippen LogP contribution in [-0.4, -0.2) is 7.85 Å². The highest BCUT2D eigenvalue weighted by Gasteiger charge is 2.10. The minimum Gasteiger partial charge on any atom is -0.0999 e. The standard InChI is InChI=1S/C17H20.C2H6.CH3B/c1-17(2,3)13-14-9-11-16(12-10-14)15-7-5-4-6-8-15;2*1-2/h4-12H,13H2,1-3H3;1-2H3;1H3. The maximum atomic E-state index is 4.50. The first-order valence-electron chi connectivity index (χ1n) is 7.77. The molecule has 0 atom stereocenters. The Kier molecular flexibility index (Phi) is 9.53. The Balaban J connectivity index is 0.000000921. The molecule has 2 radical (unpaired) electrons. The zero-order valence-electron chi connectivity index (χ0n) is 14.5. The highest BCUT2D eigenvalue weighted by atomic mass is 14.2. The quantitative estimate of drug-likeness (QED) is 0.577. The van der Waals surface area contributed by atoms with E-state index in [1.807, 2.05) is 13.8 Å². The molecule has 0 fully saturated rings. The van der Waals surface area contributed by atoms with Crippen LogP contribution in [0.2, 0.25) is 6.82 Å². The first-order valence-corrected chi connectivity index (χ1v) is 7.77. The third-order valence-electron chi connectivity index (χ3n) is 2.80. The fraction of sp³-hybridized carbons (Fsp3) is 0.400. The van der Waals surface area contributed by atoms with Crippen molar-refractivity contribution in [2.45, 2.75) is 47.9 Å². The van der Waals surface area contributed by atoms with Crippen molar-refractivity contribution >= 4 is 7.85 Å². The van der Waals surface area contributed by atoms with Crippen molar-refractivity contribution in [1.29, 1.82) is 0 Å². The van der Waals surface area contributed by atoms with Gasteiger partial charge in [0.05, 0.1) is 7.85 Å². The lowest BCUT2D eigenvalue weighted by Gasteiger charge is -2.18. The molecule has 0 aliphatic heterocycles. The maximum absolute atomic E-state index is 4.50. The second kappa shape index (κ2) is 10.3. The van der Waals surface area contributed by atoms with Crippen LogP contribution in [0.5, 0.6) is 0 Å². The Morgan fingerprint density at radius 1 is 0.714 bits per heavy atom. The zero-order chi connectivity index (χ0) is 16.3. The monoisotopic (exact) mass is 280 g/mol. The Labute approximate surface area is 133 Å². The molecule has 0 aliphatic carbocycles. The Morgan fingerprint density at radius 3 is 1.57 bits per heavy atom. The average molecular weight is 280 g/mol. The average Bonchev–Trinajstić information content (AvgIpc) is 2.51. The molecule has 0 spiro atoms. The van der Waals surface area contributed by atoms with Crippen LogP contribution >= 0.6 is 0 Å². The van der Waals surface area contributed by atoms with Gasteiger partial charge in [-0.3, -0.25) is 0 Å². The summed E-state index contributed by atoms with van der Waals surface area (Å²) in [7, 11) is 4.50. The van der Waals surface area contributed by atoms with Gasteiger partial charge in [0, 0.05) is 0 Å². The predicted octanol–water partition coefficient (Wildman–Crippen LogP) is 6.17. The van der Waals surface area contributed by atoms with Crippen molar-refractivity contribution in [1.82, 2.24) is 0 Å². The van der Waals surface area contributed by atoms with Crippen molar-refractivity contribution in [3.05, 3.63) is 60.2 Å². The van der Waals surface area contributed by atoms with Crippen LogP contribution in [0.4, 0.5) is 0 Å². The van der Waals surface area contributed by atoms with Gasteiger partial charge in [-0.25, -0.2) is 0 Å². The molecular formula is C20H29B. The molecule has 0 nitrogen and oxygen atoms in total. The van der Waals surface area contributed by atoms with Gasteiger partial charge in [0.2, 0.25) is 0 Å². The Bertz CT molecular complexity index is 463. The van der Waals surface area contributed by atoms with E-state index in [1.165, 1.54) is 23.5 Å². The van der Waals surface area contributed by atoms with Gasteiger partial charge < -0.3 is 0 Å². The van der Waals surface area contributed by atoms with Crippen molar-refractivity contribution in [2.24, 2.45) is 5.41 Å². The van der Waals surface area contributed by atoms with E-state index in [0.717, 1.165) is 6.42 Å². The van der Waals surface area contributed by atoms with Crippen LogP contribution in [0.15, 0.2) is 54.6 Å². The van der Waals surface area contributed by atoms with E-state index in [0.29, 0.717) is 5.41 Å². The SMILES string of the molecule is CC.CC(C)(C)Cc1ccc(-c2ccccc2)cc1.[B]C. The molecule has 0 bridgehead atoms. The van der Waals surface area contributed by atoms with Crippen molar-refractivity contribution in [3.63, 3.8) is 0 Å². The lowest BCUT2D eigenvalue weighted by atomic mass is 9.88. The fourth-order valence-corrected chi connectivity index (χ4v) is 2.06. The summed E-state index contributed by atoms with van der Waals surface area (Å²) in [4.78, 5) is 0. The molecule has 0 saturated heterocycles. The van der Waals surface area contributed by atoms with E-state index in [4.69, 9.17) is 0 Å². The number of hydrogen-bond acceptors (Lipinski definition) is 0. The second-order valence-corrected chi connectivity index (χ2v) is 5.80. The predicted molar refractivity (Wildman–Crippen MR) is 98.0 cm³/mol. The Morgan fingerprint density at radius 2 is 1.14 bits per heavy atom. The summed E-state index contributed by atoms with van der Waals surface area (Å²) < 4.78 is 0. The highest BCUT2D eigenvalue weighted by Crippen LogP contribution is 2.23. The molecule has 0 heterocycles. The van der Waals surface area contributed by atoms with E-state index < -0.39 is 0 Å². The molecule has 0 saturated carbocycles. The van der Waals surface area contributed by atoms with Gasteiger partial charge in [0.15, 0.2) is 0 Å². The molecule has 0 aromatic heterocycles. The third kappa shape index (κ3) is 7.75.